The Hall–Kier alpha value is -0.600. The van der Waals surface area contributed by atoms with Crippen molar-refractivity contribution in [2.24, 2.45) is 5.73 Å². The van der Waals surface area contributed by atoms with Crippen molar-refractivity contribution < 1.29 is 0 Å². The van der Waals surface area contributed by atoms with E-state index in [-0.39, 0.29) is 5.66 Å². The van der Waals surface area contributed by atoms with Gasteiger partial charge in [0.15, 0.2) is 0 Å². The van der Waals surface area contributed by atoms with E-state index in [1.54, 1.807) is 0 Å². The lowest BCUT2D eigenvalue weighted by molar-refractivity contribution is 0.152. The van der Waals surface area contributed by atoms with Gasteiger partial charge in [0.1, 0.15) is 0 Å². The number of rotatable bonds is 3. The van der Waals surface area contributed by atoms with E-state index in [1.165, 1.54) is 0 Å². The molecule has 0 aliphatic heterocycles. The Bertz CT molecular complexity index is 192. The van der Waals surface area contributed by atoms with Crippen molar-refractivity contribution in [1.29, 1.82) is 0 Å². The molecular weight excluding hydrogens is 148 g/mol. The Labute approximate surface area is 74.7 Å². The third-order valence-corrected chi connectivity index (χ3v) is 2.43. The summed E-state index contributed by atoms with van der Waals surface area (Å²) in [4.78, 5) is 2.27. The Balaban J connectivity index is 2.69. The van der Waals surface area contributed by atoms with E-state index in [0.29, 0.717) is 0 Å². The van der Waals surface area contributed by atoms with E-state index in [9.17, 15) is 0 Å². The first-order chi connectivity index (χ1) is 5.73. The summed E-state index contributed by atoms with van der Waals surface area (Å²) in [5.74, 6) is 0. The molecule has 1 aliphatic carbocycles. The van der Waals surface area contributed by atoms with Crippen LogP contribution in [0.4, 0.5) is 0 Å². The Morgan fingerprint density at radius 3 is 2.42 bits per heavy atom. The molecule has 1 atom stereocenters. The maximum absolute atomic E-state index is 6.21. The van der Waals surface area contributed by atoms with Crippen LogP contribution in [0.15, 0.2) is 24.3 Å². The monoisotopic (exact) mass is 166 g/mol. The second-order valence-electron chi connectivity index (χ2n) is 3.15. The van der Waals surface area contributed by atoms with Gasteiger partial charge in [0.05, 0.1) is 5.66 Å². The molecule has 0 bridgehead atoms. The zero-order chi connectivity index (χ0) is 9.03. The largest absolute Gasteiger partial charge is 0.310 e. The molecule has 0 aromatic heterocycles. The lowest BCUT2D eigenvalue weighted by Crippen LogP contribution is -2.54. The zero-order valence-electron chi connectivity index (χ0n) is 7.96. The van der Waals surface area contributed by atoms with Gasteiger partial charge in [-0.2, -0.15) is 0 Å². The van der Waals surface area contributed by atoms with Crippen molar-refractivity contribution in [1.82, 2.24) is 4.90 Å². The highest BCUT2D eigenvalue weighted by atomic mass is 15.3. The number of allylic oxidation sites excluding steroid dienone is 2. The summed E-state index contributed by atoms with van der Waals surface area (Å²) in [6, 6.07) is 0. The molecule has 0 saturated carbocycles. The minimum absolute atomic E-state index is 0.238. The molecule has 12 heavy (non-hydrogen) atoms. The van der Waals surface area contributed by atoms with Gasteiger partial charge in [0.25, 0.3) is 0 Å². The second-order valence-corrected chi connectivity index (χ2v) is 3.15. The minimum atomic E-state index is -0.238. The molecule has 0 fully saturated rings. The van der Waals surface area contributed by atoms with Crippen LogP contribution in [-0.4, -0.2) is 23.7 Å². The fraction of sp³-hybridized carbons (Fsp3) is 0.600. The normalized spacial score (nSPS) is 28.3. The molecule has 1 unspecified atom stereocenters. The first-order valence-corrected chi connectivity index (χ1v) is 4.61. The van der Waals surface area contributed by atoms with Crippen molar-refractivity contribution in [3.05, 3.63) is 24.3 Å². The zero-order valence-corrected chi connectivity index (χ0v) is 7.96. The molecule has 0 spiro atoms. The van der Waals surface area contributed by atoms with Gasteiger partial charge in [0.2, 0.25) is 0 Å². The fourth-order valence-electron chi connectivity index (χ4n) is 1.67. The van der Waals surface area contributed by atoms with Crippen LogP contribution in [0.25, 0.3) is 0 Å². The van der Waals surface area contributed by atoms with Gasteiger partial charge in [-0.25, -0.2) is 0 Å². The first-order valence-electron chi connectivity index (χ1n) is 4.61. The van der Waals surface area contributed by atoms with Crippen LogP contribution in [0.1, 0.15) is 20.3 Å². The third-order valence-electron chi connectivity index (χ3n) is 2.43. The van der Waals surface area contributed by atoms with E-state index in [2.05, 4.69) is 37.0 Å². The minimum Gasteiger partial charge on any atom is -0.310 e. The second kappa shape index (κ2) is 3.87. The van der Waals surface area contributed by atoms with Gasteiger partial charge >= 0.3 is 0 Å². The Kier molecular flexibility index (Phi) is 3.06. The molecule has 2 heteroatoms. The van der Waals surface area contributed by atoms with Crippen LogP contribution < -0.4 is 5.73 Å². The summed E-state index contributed by atoms with van der Waals surface area (Å²) in [6.45, 7) is 6.30. The van der Waals surface area contributed by atoms with Crippen molar-refractivity contribution in [2.45, 2.75) is 25.9 Å². The predicted molar refractivity (Wildman–Crippen MR) is 52.7 cm³/mol. The highest BCUT2D eigenvalue weighted by Crippen LogP contribution is 2.18. The van der Waals surface area contributed by atoms with Crippen LogP contribution in [0.3, 0.4) is 0 Å². The lowest BCUT2D eigenvalue weighted by Gasteiger charge is -2.38. The van der Waals surface area contributed by atoms with E-state index in [1.807, 2.05) is 6.08 Å². The van der Waals surface area contributed by atoms with Crippen molar-refractivity contribution in [2.75, 3.05) is 13.1 Å². The number of likely N-dealkylation sites (N-methyl/N-ethyl adjacent to an activating group) is 1. The number of hydrogen-bond donors (Lipinski definition) is 1. The number of hydrogen-bond acceptors (Lipinski definition) is 2. The molecule has 0 amide bonds. The van der Waals surface area contributed by atoms with E-state index < -0.39 is 0 Å². The molecule has 0 aromatic rings. The Morgan fingerprint density at radius 1 is 1.33 bits per heavy atom. The summed E-state index contributed by atoms with van der Waals surface area (Å²) in [7, 11) is 0. The van der Waals surface area contributed by atoms with Crippen molar-refractivity contribution >= 4 is 0 Å². The maximum atomic E-state index is 6.21. The smallest absolute Gasteiger partial charge is 0.0917 e. The van der Waals surface area contributed by atoms with Gasteiger partial charge in [-0.05, 0) is 19.2 Å². The highest BCUT2D eigenvalue weighted by molar-refractivity contribution is 5.19. The summed E-state index contributed by atoms with van der Waals surface area (Å²) in [6.07, 6.45) is 9.21. The molecule has 0 saturated heterocycles. The summed E-state index contributed by atoms with van der Waals surface area (Å²) in [5.41, 5.74) is 5.97. The van der Waals surface area contributed by atoms with Crippen LogP contribution in [0.2, 0.25) is 0 Å². The van der Waals surface area contributed by atoms with E-state index in [0.717, 1.165) is 19.5 Å². The first kappa shape index (κ1) is 9.49. The van der Waals surface area contributed by atoms with Crippen LogP contribution in [0.5, 0.6) is 0 Å². The van der Waals surface area contributed by atoms with E-state index >= 15 is 0 Å². The molecule has 68 valence electrons. The topological polar surface area (TPSA) is 29.3 Å². The predicted octanol–water partition coefficient (Wildman–Crippen LogP) is 1.50. The number of nitrogens with two attached hydrogens (primary N) is 1. The van der Waals surface area contributed by atoms with Crippen LogP contribution in [0, 0.1) is 0 Å². The summed E-state index contributed by atoms with van der Waals surface area (Å²) >= 11 is 0. The standard InChI is InChI=1S/C10H18N2/c1-3-12(4-2)10(11)8-6-5-7-9-10/h5-8H,3-4,9,11H2,1-2H3. The molecule has 0 heterocycles. The molecule has 1 aliphatic rings. The molecular formula is C10H18N2. The SMILES string of the molecule is CCN(CC)C1(N)C=CC=CC1. The van der Waals surface area contributed by atoms with Crippen LogP contribution >= 0.6 is 0 Å². The summed E-state index contributed by atoms with van der Waals surface area (Å²) in [5, 5.41) is 0. The Morgan fingerprint density at radius 2 is 2.00 bits per heavy atom. The maximum Gasteiger partial charge on any atom is 0.0917 e. The molecule has 0 aromatic carbocycles. The third kappa shape index (κ3) is 1.76. The molecule has 1 rings (SSSR count). The highest BCUT2D eigenvalue weighted by Gasteiger charge is 2.26. The van der Waals surface area contributed by atoms with E-state index in [4.69, 9.17) is 5.73 Å². The van der Waals surface area contributed by atoms with Gasteiger partial charge < -0.3 is 5.73 Å². The van der Waals surface area contributed by atoms with Gasteiger partial charge in [-0.15, -0.1) is 0 Å². The van der Waals surface area contributed by atoms with Gasteiger partial charge in [-0.1, -0.05) is 32.1 Å². The molecule has 0 radical (unpaired) electrons. The number of nitrogens with zero attached hydrogens (tertiary/aromatic N) is 1. The average Bonchev–Trinajstić information content (AvgIpc) is 2.07. The van der Waals surface area contributed by atoms with Crippen LogP contribution in [-0.2, 0) is 0 Å². The van der Waals surface area contributed by atoms with Gasteiger partial charge in [-0.3, -0.25) is 4.90 Å². The quantitative estimate of drug-likeness (QED) is 0.644. The average molecular weight is 166 g/mol. The van der Waals surface area contributed by atoms with Crippen molar-refractivity contribution in [3.8, 4) is 0 Å². The van der Waals surface area contributed by atoms with Gasteiger partial charge in [0, 0.05) is 6.42 Å². The molecule has 2 nitrogen and oxygen atoms in total. The summed E-state index contributed by atoms with van der Waals surface area (Å²) < 4.78 is 0. The fourth-order valence-corrected chi connectivity index (χ4v) is 1.67. The lowest BCUT2D eigenvalue weighted by atomic mass is 10.00. The molecule has 2 N–H and O–H groups in total. The van der Waals surface area contributed by atoms with Crippen molar-refractivity contribution in [3.63, 3.8) is 0 Å².